The van der Waals surface area contributed by atoms with Gasteiger partial charge < -0.3 is 10.3 Å². The summed E-state index contributed by atoms with van der Waals surface area (Å²) >= 11 is 1.44. The van der Waals surface area contributed by atoms with Gasteiger partial charge in [0.15, 0.2) is 0 Å². The van der Waals surface area contributed by atoms with Crippen LogP contribution in [0.1, 0.15) is 10.7 Å². The van der Waals surface area contributed by atoms with Crippen LogP contribution in [0.25, 0.3) is 10.2 Å². The van der Waals surface area contributed by atoms with Crippen LogP contribution in [-0.4, -0.2) is 41.4 Å². The number of H-pyrrole nitrogens is 1. The van der Waals surface area contributed by atoms with E-state index in [2.05, 4.69) is 15.3 Å². The number of likely N-dealkylation sites (N-methyl/N-ethyl adjacent to an activating group) is 2. The average Bonchev–Trinajstić information content (AvgIpc) is 2.69. The SMILES string of the molecule is CNC(=O)CN(C)Cc1nc2cc(C)sc2c(=O)[nH]1. The fourth-order valence-corrected chi connectivity index (χ4v) is 2.66. The first-order valence-electron chi connectivity index (χ1n) is 5.88. The third-order valence-corrected chi connectivity index (χ3v) is 3.71. The van der Waals surface area contributed by atoms with E-state index in [-0.39, 0.29) is 18.0 Å². The van der Waals surface area contributed by atoms with Crippen molar-refractivity contribution in [1.82, 2.24) is 20.2 Å². The topological polar surface area (TPSA) is 78.1 Å². The van der Waals surface area contributed by atoms with Crippen molar-refractivity contribution in [1.29, 1.82) is 0 Å². The van der Waals surface area contributed by atoms with Gasteiger partial charge in [0.1, 0.15) is 10.5 Å². The lowest BCUT2D eigenvalue weighted by Crippen LogP contribution is -2.33. The van der Waals surface area contributed by atoms with Crippen molar-refractivity contribution in [2.75, 3.05) is 20.6 Å². The summed E-state index contributed by atoms with van der Waals surface area (Å²) in [5.74, 6) is 0.499. The van der Waals surface area contributed by atoms with Gasteiger partial charge in [0.2, 0.25) is 5.91 Å². The van der Waals surface area contributed by atoms with E-state index in [1.54, 1.807) is 19.0 Å². The zero-order valence-corrected chi connectivity index (χ0v) is 11.9. The molecule has 0 fully saturated rings. The van der Waals surface area contributed by atoms with Crippen molar-refractivity contribution in [3.05, 3.63) is 27.1 Å². The highest BCUT2D eigenvalue weighted by Crippen LogP contribution is 2.19. The Kier molecular flexibility index (Phi) is 3.96. The van der Waals surface area contributed by atoms with E-state index in [1.165, 1.54) is 11.3 Å². The molecule has 0 aliphatic heterocycles. The Labute approximate surface area is 114 Å². The highest BCUT2D eigenvalue weighted by molar-refractivity contribution is 7.18. The second kappa shape index (κ2) is 5.50. The lowest BCUT2D eigenvalue weighted by atomic mass is 10.4. The summed E-state index contributed by atoms with van der Waals surface area (Å²) < 4.78 is 0.648. The Hall–Kier alpha value is -1.73. The molecule has 2 N–H and O–H groups in total. The molecule has 2 aromatic rings. The zero-order valence-electron chi connectivity index (χ0n) is 11.1. The number of aryl methyl sites for hydroxylation is 1. The molecule has 2 rings (SSSR count). The second-order valence-electron chi connectivity index (χ2n) is 4.43. The minimum atomic E-state index is -0.119. The Balaban J connectivity index is 2.21. The van der Waals surface area contributed by atoms with Crippen LogP contribution in [0, 0.1) is 6.92 Å². The maximum absolute atomic E-state index is 11.9. The molecular weight excluding hydrogens is 264 g/mol. The van der Waals surface area contributed by atoms with E-state index in [9.17, 15) is 9.59 Å². The third kappa shape index (κ3) is 3.18. The predicted octanol–water partition coefficient (Wildman–Crippen LogP) is 0.471. The Morgan fingerprint density at radius 1 is 1.58 bits per heavy atom. The zero-order chi connectivity index (χ0) is 14.0. The number of fused-ring (bicyclic) bond motifs is 1. The summed E-state index contributed by atoms with van der Waals surface area (Å²) in [5.41, 5.74) is 0.598. The van der Waals surface area contributed by atoms with E-state index in [0.29, 0.717) is 17.1 Å². The van der Waals surface area contributed by atoms with Gasteiger partial charge in [-0.2, -0.15) is 0 Å². The van der Waals surface area contributed by atoms with Gasteiger partial charge >= 0.3 is 0 Å². The molecule has 0 radical (unpaired) electrons. The third-order valence-electron chi connectivity index (χ3n) is 2.67. The molecule has 0 bridgehead atoms. The second-order valence-corrected chi connectivity index (χ2v) is 5.69. The molecule has 0 aliphatic carbocycles. The highest BCUT2D eigenvalue weighted by atomic mass is 32.1. The molecule has 0 spiro atoms. The van der Waals surface area contributed by atoms with Crippen LogP contribution in [0.3, 0.4) is 0 Å². The molecule has 1 amide bonds. The fraction of sp³-hybridized carbons (Fsp3) is 0.417. The minimum absolute atomic E-state index is 0.0719. The number of aromatic nitrogens is 2. The van der Waals surface area contributed by atoms with Gasteiger partial charge in [0.25, 0.3) is 5.56 Å². The maximum atomic E-state index is 11.9. The Morgan fingerprint density at radius 3 is 3.00 bits per heavy atom. The van der Waals surface area contributed by atoms with E-state index in [0.717, 1.165) is 10.4 Å². The number of carbonyl (C=O) groups excluding carboxylic acids is 1. The standard InChI is InChI=1S/C12H16N4O2S/c1-7-4-8-11(19-7)12(18)15-9(14-8)5-16(3)6-10(17)13-2/h4H,5-6H2,1-3H3,(H,13,17)(H,14,15,18). The van der Waals surface area contributed by atoms with Crippen molar-refractivity contribution in [3.63, 3.8) is 0 Å². The lowest BCUT2D eigenvalue weighted by Gasteiger charge is -2.14. The van der Waals surface area contributed by atoms with Gasteiger partial charge in [-0.25, -0.2) is 4.98 Å². The van der Waals surface area contributed by atoms with Gasteiger partial charge in [0, 0.05) is 11.9 Å². The average molecular weight is 280 g/mol. The van der Waals surface area contributed by atoms with E-state index < -0.39 is 0 Å². The number of amides is 1. The summed E-state index contributed by atoms with van der Waals surface area (Å²) in [6, 6.07) is 1.90. The normalized spacial score (nSPS) is 11.2. The van der Waals surface area contributed by atoms with Crippen molar-refractivity contribution in [3.8, 4) is 0 Å². The lowest BCUT2D eigenvalue weighted by molar-refractivity contribution is -0.121. The molecule has 102 valence electrons. The van der Waals surface area contributed by atoms with Crippen molar-refractivity contribution in [2.45, 2.75) is 13.5 Å². The first-order valence-corrected chi connectivity index (χ1v) is 6.69. The first-order chi connectivity index (χ1) is 8.99. The fourth-order valence-electron chi connectivity index (χ4n) is 1.82. The molecule has 19 heavy (non-hydrogen) atoms. The van der Waals surface area contributed by atoms with Crippen molar-refractivity contribution >= 4 is 27.5 Å². The van der Waals surface area contributed by atoms with Gasteiger partial charge in [0.05, 0.1) is 18.6 Å². The molecule has 0 atom stereocenters. The molecule has 0 saturated carbocycles. The van der Waals surface area contributed by atoms with Crippen LogP contribution in [0.2, 0.25) is 0 Å². The monoisotopic (exact) mass is 280 g/mol. The number of thiophene rings is 1. The number of carbonyl (C=O) groups is 1. The van der Waals surface area contributed by atoms with Crippen LogP contribution in [0.4, 0.5) is 0 Å². The van der Waals surface area contributed by atoms with E-state index in [1.807, 2.05) is 13.0 Å². The minimum Gasteiger partial charge on any atom is -0.358 e. The Bertz CT molecular complexity index is 661. The number of nitrogens with one attached hydrogen (secondary N) is 2. The van der Waals surface area contributed by atoms with Gasteiger partial charge in [-0.1, -0.05) is 0 Å². The number of aromatic amines is 1. The molecule has 0 unspecified atom stereocenters. The smallest absolute Gasteiger partial charge is 0.268 e. The van der Waals surface area contributed by atoms with Crippen LogP contribution in [-0.2, 0) is 11.3 Å². The summed E-state index contributed by atoms with van der Waals surface area (Å²) in [6.45, 7) is 2.64. The molecule has 0 aromatic carbocycles. The summed E-state index contributed by atoms with van der Waals surface area (Å²) in [6.07, 6.45) is 0. The Morgan fingerprint density at radius 2 is 2.32 bits per heavy atom. The molecule has 6 nitrogen and oxygen atoms in total. The number of rotatable bonds is 4. The summed E-state index contributed by atoms with van der Waals surface area (Å²) in [5, 5.41) is 2.55. The molecular formula is C12H16N4O2S. The molecule has 2 heterocycles. The molecule has 7 heteroatoms. The van der Waals surface area contributed by atoms with Crippen LogP contribution in [0.5, 0.6) is 0 Å². The van der Waals surface area contributed by atoms with Gasteiger partial charge in [-0.3, -0.25) is 14.5 Å². The molecule has 0 aliphatic rings. The summed E-state index contributed by atoms with van der Waals surface area (Å²) in [7, 11) is 3.40. The van der Waals surface area contributed by atoms with Crippen LogP contribution in [0.15, 0.2) is 10.9 Å². The van der Waals surface area contributed by atoms with Gasteiger partial charge in [-0.05, 0) is 20.0 Å². The van der Waals surface area contributed by atoms with E-state index >= 15 is 0 Å². The van der Waals surface area contributed by atoms with Crippen molar-refractivity contribution in [2.24, 2.45) is 0 Å². The number of hydrogen-bond acceptors (Lipinski definition) is 5. The predicted molar refractivity (Wildman–Crippen MR) is 75.4 cm³/mol. The van der Waals surface area contributed by atoms with Crippen molar-refractivity contribution < 1.29 is 4.79 Å². The van der Waals surface area contributed by atoms with Crippen LogP contribution < -0.4 is 10.9 Å². The quantitative estimate of drug-likeness (QED) is 0.853. The van der Waals surface area contributed by atoms with Gasteiger partial charge in [-0.15, -0.1) is 11.3 Å². The van der Waals surface area contributed by atoms with E-state index in [4.69, 9.17) is 0 Å². The molecule has 2 aromatic heterocycles. The number of hydrogen-bond donors (Lipinski definition) is 2. The maximum Gasteiger partial charge on any atom is 0.268 e. The molecule has 0 saturated heterocycles. The largest absolute Gasteiger partial charge is 0.358 e. The first kappa shape index (κ1) is 13.7. The van der Waals surface area contributed by atoms with Crippen LogP contribution >= 0.6 is 11.3 Å². The summed E-state index contributed by atoms with van der Waals surface area (Å²) in [4.78, 5) is 33.2. The highest BCUT2D eigenvalue weighted by Gasteiger charge is 2.10. The number of nitrogens with zero attached hydrogens (tertiary/aromatic N) is 2.